The summed E-state index contributed by atoms with van der Waals surface area (Å²) in [5.74, 6) is -1.31. The van der Waals surface area contributed by atoms with E-state index in [0.717, 1.165) is 17.4 Å². The maximum absolute atomic E-state index is 13.4. The molecule has 3 N–H and O–H groups in total. The lowest BCUT2D eigenvalue weighted by atomic mass is 10.1. The van der Waals surface area contributed by atoms with Crippen molar-refractivity contribution in [2.75, 3.05) is 5.32 Å². The number of pyridine rings is 1. The number of nitrogens with two attached hydrogens (primary N) is 1. The van der Waals surface area contributed by atoms with E-state index in [9.17, 15) is 18.4 Å². The van der Waals surface area contributed by atoms with Gasteiger partial charge in [0.05, 0.1) is 17.0 Å². The number of anilines is 1. The Kier molecular flexibility index (Phi) is 5.00. The number of rotatable bonds is 5. The highest BCUT2D eigenvalue weighted by molar-refractivity contribution is 7.21. The van der Waals surface area contributed by atoms with Crippen LogP contribution in [0.25, 0.3) is 21.5 Å². The van der Waals surface area contributed by atoms with Gasteiger partial charge in [0.1, 0.15) is 21.2 Å². The fourth-order valence-corrected chi connectivity index (χ4v) is 4.21. The summed E-state index contributed by atoms with van der Waals surface area (Å²) in [7, 11) is 1.59. The van der Waals surface area contributed by atoms with Crippen molar-refractivity contribution < 1.29 is 22.8 Å². The van der Waals surface area contributed by atoms with Crippen molar-refractivity contribution in [2.24, 2.45) is 12.8 Å². The number of halogens is 3. The third-order valence-electron chi connectivity index (χ3n) is 4.15. The minimum atomic E-state index is -2.85. The molecule has 0 aliphatic carbocycles. The number of amides is 2. The Bertz CT molecular complexity index is 1280. The average molecular weight is 452 g/mol. The number of carbonyl (C=O) groups is 2. The zero-order chi connectivity index (χ0) is 21.6. The molecule has 0 bridgehead atoms. The summed E-state index contributed by atoms with van der Waals surface area (Å²) in [5.41, 5.74) is 5.14. The van der Waals surface area contributed by atoms with Crippen molar-refractivity contribution in [3.05, 3.63) is 51.9 Å². The third-order valence-corrected chi connectivity index (χ3v) is 5.53. The number of fused-ring (bicyclic) bond motifs is 1. The minimum absolute atomic E-state index is 0.0222. The number of nitrogens with zero attached hydrogens (tertiary/aromatic N) is 3. The van der Waals surface area contributed by atoms with Gasteiger partial charge in [-0.3, -0.25) is 14.3 Å². The molecule has 0 aliphatic heterocycles. The van der Waals surface area contributed by atoms with Crippen LogP contribution < -0.4 is 11.1 Å². The van der Waals surface area contributed by atoms with Crippen LogP contribution in [-0.4, -0.2) is 26.6 Å². The second-order valence-electron chi connectivity index (χ2n) is 6.18. The molecule has 0 fully saturated rings. The molecule has 0 saturated carbocycles. The van der Waals surface area contributed by atoms with E-state index in [1.54, 1.807) is 19.2 Å². The minimum Gasteiger partial charge on any atom is -0.464 e. The first kappa shape index (κ1) is 20.0. The molecule has 4 rings (SSSR count). The molecule has 8 nitrogen and oxygen atoms in total. The van der Waals surface area contributed by atoms with E-state index in [1.807, 2.05) is 0 Å². The van der Waals surface area contributed by atoms with Gasteiger partial charge in [-0.2, -0.15) is 5.10 Å². The molecular formula is C18H12ClF2N5O3S. The molecule has 0 atom stereocenters. The number of carbonyl (C=O) groups excluding carboxylic acids is 2. The Morgan fingerprint density at radius 2 is 2.17 bits per heavy atom. The van der Waals surface area contributed by atoms with Crippen LogP contribution in [0.4, 0.5) is 14.5 Å². The lowest BCUT2D eigenvalue weighted by Gasteiger charge is -2.09. The summed E-state index contributed by atoms with van der Waals surface area (Å²) in [5, 5.41) is 6.90. The van der Waals surface area contributed by atoms with Crippen molar-refractivity contribution in [3.8, 4) is 11.3 Å². The van der Waals surface area contributed by atoms with Gasteiger partial charge in [0.25, 0.3) is 18.2 Å². The van der Waals surface area contributed by atoms with Gasteiger partial charge in [-0.05, 0) is 18.2 Å². The smallest absolute Gasteiger partial charge is 0.280 e. The van der Waals surface area contributed by atoms with Crippen LogP contribution in [0.15, 0.2) is 35.1 Å². The Hall–Kier alpha value is -3.31. The van der Waals surface area contributed by atoms with E-state index in [0.29, 0.717) is 0 Å². The topological polar surface area (TPSA) is 116 Å². The summed E-state index contributed by atoms with van der Waals surface area (Å²) in [6, 6.07) is 4.29. The molecule has 12 heteroatoms. The predicted molar refractivity (Wildman–Crippen MR) is 107 cm³/mol. The molecule has 0 aromatic carbocycles. The van der Waals surface area contributed by atoms with Crippen LogP contribution in [0.3, 0.4) is 0 Å². The average Bonchev–Trinajstić information content (AvgIpc) is 3.40. The largest absolute Gasteiger partial charge is 0.464 e. The maximum atomic E-state index is 13.4. The van der Waals surface area contributed by atoms with E-state index in [-0.39, 0.29) is 42.8 Å². The SMILES string of the molecule is Cn1cc(Cl)c(C(=O)Nc2c(C(N)=O)sc3nc(C(F)F)cc(-c4ccco4)c23)n1. The fraction of sp³-hybridized carbons (Fsp3) is 0.111. The molecule has 154 valence electrons. The van der Waals surface area contributed by atoms with Crippen LogP contribution in [-0.2, 0) is 7.05 Å². The van der Waals surface area contributed by atoms with Crippen LogP contribution in [0, 0.1) is 0 Å². The number of aryl methyl sites for hydroxylation is 1. The van der Waals surface area contributed by atoms with Crippen molar-refractivity contribution in [1.29, 1.82) is 0 Å². The summed E-state index contributed by atoms with van der Waals surface area (Å²) in [4.78, 5) is 28.8. The fourth-order valence-electron chi connectivity index (χ4n) is 2.93. The van der Waals surface area contributed by atoms with Crippen molar-refractivity contribution >= 4 is 50.7 Å². The quantitative estimate of drug-likeness (QED) is 0.471. The summed E-state index contributed by atoms with van der Waals surface area (Å²) < 4.78 is 33.5. The van der Waals surface area contributed by atoms with Gasteiger partial charge < -0.3 is 15.5 Å². The summed E-state index contributed by atoms with van der Waals surface area (Å²) in [6.07, 6.45) is -0.0496. The standard InChI is InChI=1S/C18H12ClF2N5O3S/c1-26-6-8(19)12(25-26)17(28)24-13-11-7(10-3-2-4-29-10)5-9(15(20)21)23-18(11)30-14(13)16(22)27/h2-6,15H,1H3,(H2,22,27)(H,24,28). The molecule has 4 aromatic heterocycles. The molecule has 4 aromatic rings. The summed E-state index contributed by atoms with van der Waals surface area (Å²) in [6.45, 7) is 0. The predicted octanol–water partition coefficient (Wildman–Crippen LogP) is 4.23. The van der Waals surface area contributed by atoms with E-state index in [4.69, 9.17) is 21.8 Å². The van der Waals surface area contributed by atoms with E-state index < -0.39 is 23.9 Å². The van der Waals surface area contributed by atoms with Crippen LogP contribution in [0.2, 0.25) is 5.02 Å². The van der Waals surface area contributed by atoms with Crippen molar-refractivity contribution in [1.82, 2.24) is 14.8 Å². The number of nitrogens with one attached hydrogen (secondary N) is 1. The van der Waals surface area contributed by atoms with E-state index in [1.165, 1.54) is 17.1 Å². The lowest BCUT2D eigenvalue weighted by Crippen LogP contribution is -2.17. The third kappa shape index (κ3) is 3.42. The zero-order valence-corrected chi connectivity index (χ0v) is 16.7. The lowest BCUT2D eigenvalue weighted by molar-refractivity contribution is 0.100. The second-order valence-corrected chi connectivity index (χ2v) is 7.58. The normalized spacial score (nSPS) is 11.4. The van der Waals surface area contributed by atoms with Crippen molar-refractivity contribution in [3.63, 3.8) is 0 Å². The van der Waals surface area contributed by atoms with Gasteiger partial charge >= 0.3 is 0 Å². The highest BCUT2D eigenvalue weighted by Crippen LogP contribution is 2.42. The molecule has 30 heavy (non-hydrogen) atoms. The molecular weight excluding hydrogens is 440 g/mol. The molecule has 2 amide bonds. The second kappa shape index (κ2) is 7.50. The van der Waals surface area contributed by atoms with Crippen LogP contribution >= 0.6 is 22.9 Å². The highest BCUT2D eigenvalue weighted by Gasteiger charge is 2.27. The van der Waals surface area contributed by atoms with E-state index >= 15 is 0 Å². The molecule has 0 radical (unpaired) electrons. The first-order valence-corrected chi connectivity index (χ1v) is 9.55. The molecule has 0 aliphatic rings. The Balaban J connectivity index is 1.95. The molecule has 4 heterocycles. The van der Waals surface area contributed by atoms with Gasteiger partial charge in [0.2, 0.25) is 0 Å². The molecule has 0 unspecified atom stereocenters. The Morgan fingerprint density at radius 3 is 2.73 bits per heavy atom. The number of furan rings is 1. The Labute approximate surface area is 176 Å². The van der Waals surface area contributed by atoms with Gasteiger partial charge in [0.15, 0.2) is 5.69 Å². The van der Waals surface area contributed by atoms with Gasteiger partial charge in [-0.15, -0.1) is 11.3 Å². The monoisotopic (exact) mass is 451 g/mol. The number of aromatic nitrogens is 3. The maximum Gasteiger partial charge on any atom is 0.280 e. The van der Waals surface area contributed by atoms with Gasteiger partial charge in [-0.1, -0.05) is 11.6 Å². The molecule has 0 spiro atoms. The molecule has 0 saturated heterocycles. The number of alkyl halides is 2. The number of hydrogen-bond donors (Lipinski definition) is 2. The first-order chi connectivity index (χ1) is 14.3. The number of primary amides is 1. The first-order valence-electron chi connectivity index (χ1n) is 8.36. The van der Waals surface area contributed by atoms with Gasteiger partial charge in [0, 0.05) is 24.2 Å². The number of thiophene rings is 1. The summed E-state index contributed by atoms with van der Waals surface area (Å²) >= 11 is 6.81. The van der Waals surface area contributed by atoms with E-state index in [2.05, 4.69) is 15.4 Å². The van der Waals surface area contributed by atoms with Crippen LogP contribution in [0.1, 0.15) is 32.3 Å². The number of hydrogen-bond acceptors (Lipinski definition) is 6. The Morgan fingerprint density at radius 1 is 1.40 bits per heavy atom. The van der Waals surface area contributed by atoms with Crippen molar-refractivity contribution in [2.45, 2.75) is 6.43 Å². The van der Waals surface area contributed by atoms with Gasteiger partial charge in [-0.25, -0.2) is 13.8 Å². The van der Waals surface area contributed by atoms with Crippen LogP contribution in [0.5, 0.6) is 0 Å². The zero-order valence-electron chi connectivity index (χ0n) is 15.1. The highest BCUT2D eigenvalue weighted by atomic mass is 35.5.